The second kappa shape index (κ2) is 4.79. The molecule has 0 unspecified atom stereocenters. The second-order valence-electron chi connectivity index (χ2n) is 3.75. The van der Waals surface area contributed by atoms with Crippen molar-refractivity contribution in [3.05, 3.63) is 35.7 Å². The number of nitrogens with one attached hydrogen (secondary N) is 1. The molecule has 94 valence electrons. The number of carbonyl (C=O) groups is 1. The largest absolute Gasteiger partial charge is 0.495 e. The Balaban J connectivity index is 2.23. The van der Waals surface area contributed by atoms with Crippen LogP contribution in [-0.2, 0) is 0 Å². The van der Waals surface area contributed by atoms with Crippen LogP contribution in [0.25, 0.3) is 0 Å². The summed E-state index contributed by atoms with van der Waals surface area (Å²) < 4.78 is 9.99. The third kappa shape index (κ3) is 2.42. The summed E-state index contributed by atoms with van der Waals surface area (Å²) in [4.78, 5) is 11.9. The lowest BCUT2D eigenvalue weighted by Gasteiger charge is -2.09. The minimum absolute atomic E-state index is 0.136. The molecule has 0 aliphatic carbocycles. The Morgan fingerprint density at radius 1 is 1.44 bits per heavy atom. The summed E-state index contributed by atoms with van der Waals surface area (Å²) >= 11 is 0. The number of aromatic nitrogens is 1. The molecule has 18 heavy (non-hydrogen) atoms. The maximum Gasteiger partial charge on any atom is 0.294 e. The molecule has 1 heterocycles. The first-order valence-corrected chi connectivity index (χ1v) is 5.28. The number of hydrogen-bond donors (Lipinski definition) is 2. The van der Waals surface area contributed by atoms with Gasteiger partial charge in [-0.2, -0.15) is 0 Å². The molecule has 1 aromatic heterocycles. The van der Waals surface area contributed by atoms with Crippen molar-refractivity contribution >= 4 is 17.3 Å². The number of amides is 1. The Labute approximate surface area is 104 Å². The van der Waals surface area contributed by atoms with E-state index >= 15 is 0 Å². The summed E-state index contributed by atoms with van der Waals surface area (Å²) in [6, 6.07) is 6.53. The average molecular weight is 247 g/mol. The number of nitrogens with two attached hydrogens (primary N) is 1. The number of benzene rings is 1. The monoisotopic (exact) mass is 247 g/mol. The first kappa shape index (κ1) is 12.0. The van der Waals surface area contributed by atoms with Crippen molar-refractivity contribution in [2.75, 3.05) is 18.2 Å². The highest BCUT2D eigenvalue weighted by Crippen LogP contribution is 2.26. The first-order valence-electron chi connectivity index (χ1n) is 5.28. The van der Waals surface area contributed by atoms with Gasteiger partial charge in [0, 0.05) is 11.8 Å². The highest BCUT2D eigenvalue weighted by atomic mass is 16.5. The van der Waals surface area contributed by atoms with E-state index in [1.807, 2.05) is 0 Å². The first-order chi connectivity index (χ1) is 8.60. The molecule has 0 bridgehead atoms. The topological polar surface area (TPSA) is 90.4 Å². The van der Waals surface area contributed by atoms with Gasteiger partial charge >= 0.3 is 0 Å². The van der Waals surface area contributed by atoms with Crippen LogP contribution < -0.4 is 15.8 Å². The Kier molecular flexibility index (Phi) is 3.18. The normalized spacial score (nSPS) is 10.1. The lowest BCUT2D eigenvalue weighted by molar-refractivity contribution is 0.0987. The van der Waals surface area contributed by atoms with Crippen LogP contribution >= 0.6 is 0 Å². The van der Waals surface area contributed by atoms with Crippen molar-refractivity contribution in [1.29, 1.82) is 0 Å². The van der Waals surface area contributed by atoms with Crippen LogP contribution in [0.2, 0.25) is 0 Å². The van der Waals surface area contributed by atoms with Gasteiger partial charge in [0.15, 0.2) is 0 Å². The van der Waals surface area contributed by atoms with Gasteiger partial charge in [-0.15, -0.1) is 0 Å². The molecular weight excluding hydrogens is 234 g/mol. The number of carbonyl (C=O) groups excluding carboxylic acids is 1. The molecule has 0 saturated heterocycles. The fourth-order valence-electron chi connectivity index (χ4n) is 1.48. The molecule has 0 radical (unpaired) electrons. The molecule has 1 amide bonds. The summed E-state index contributed by atoms with van der Waals surface area (Å²) in [6.07, 6.45) is 0. The van der Waals surface area contributed by atoms with Gasteiger partial charge in [0.05, 0.1) is 18.5 Å². The van der Waals surface area contributed by atoms with E-state index in [1.54, 1.807) is 31.2 Å². The van der Waals surface area contributed by atoms with Gasteiger partial charge in [-0.1, -0.05) is 5.16 Å². The zero-order valence-corrected chi connectivity index (χ0v) is 10.1. The zero-order valence-electron chi connectivity index (χ0n) is 10.1. The Bertz CT molecular complexity index is 578. The highest BCUT2D eigenvalue weighted by Gasteiger charge is 2.14. The van der Waals surface area contributed by atoms with Gasteiger partial charge < -0.3 is 20.3 Å². The molecule has 6 heteroatoms. The van der Waals surface area contributed by atoms with Crippen molar-refractivity contribution in [2.45, 2.75) is 6.92 Å². The molecule has 2 rings (SSSR count). The molecule has 2 aromatic rings. The van der Waals surface area contributed by atoms with Crippen LogP contribution in [0.5, 0.6) is 5.75 Å². The second-order valence-corrected chi connectivity index (χ2v) is 3.75. The summed E-state index contributed by atoms with van der Waals surface area (Å²) in [5.74, 6) is 0.255. The maximum atomic E-state index is 11.9. The molecule has 0 saturated carbocycles. The van der Waals surface area contributed by atoms with Crippen molar-refractivity contribution in [3.8, 4) is 5.75 Å². The molecular formula is C12H13N3O3. The quantitative estimate of drug-likeness (QED) is 0.807. The molecule has 0 atom stereocenters. The van der Waals surface area contributed by atoms with Crippen molar-refractivity contribution in [1.82, 2.24) is 5.16 Å². The molecule has 0 aliphatic heterocycles. The van der Waals surface area contributed by atoms with E-state index in [1.165, 1.54) is 7.11 Å². The third-order valence-corrected chi connectivity index (χ3v) is 2.32. The van der Waals surface area contributed by atoms with Crippen molar-refractivity contribution in [2.24, 2.45) is 0 Å². The minimum atomic E-state index is -0.403. The van der Waals surface area contributed by atoms with E-state index in [9.17, 15) is 4.79 Å². The summed E-state index contributed by atoms with van der Waals surface area (Å²) in [5.41, 5.74) is 7.31. The van der Waals surface area contributed by atoms with E-state index in [0.717, 1.165) is 0 Å². The highest BCUT2D eigenvalue weighted by molar-refractivity contribution is 6.03. The summed E-state index contributed by atoms with van der Waals surface area (Å²) in [7, 11) is 1.51. The van der Waals surface area contributed by atoms with Crippen LogP contribution in [0.4, 0.5) is 11.4 Å². The lowest BCUT2D eigenvalue weighted by Crippen LogP contribution is -2.12. The van der Waals surface area contributed by atoms with Gasteiger partial charge in [0.1, 0.15) is 5.75 Å². The summed E-state index contributed by atoms with van der Waals surface area (Å²) in [6.45, 7) is 1.74. The number of hydrogen-bond acceptors (Lipinski definition) is 5. The smallest absolute Gasteiger partial charge is 0.294 e. The van der Waals surface area contributed by atoms with E-state index in [-0.39, 0.29) is 5.76 Å². The van der Waals surface area contributed by atoms with Gasteiger partial charge in [-0.05, 0) is 25.1 Å². The van der Waals surface area contributed by atoms with E-state index in [4.69, 9.17) is 15.0 Å². The number of aryl methyl sites for hydroxylation is 1. The molecule has 0 aliphatic rings. The van der Waals surface area contributed by atoms with Crippen LogP contribution in [0.15, 0.2) is 28.8 Å². The number of nitrogen functional groups attached to an aromatic ring is 1. The van der Waals surface area contributed by atoms with Gasteiger partial charge in [-0.25, -0.2) is 0 Å². The number of rotatable bonds is 3. The zero-order chi connectivity index (χ0) is 13.1. The predicted molar refractivity (Wildman–Crippen MR) is 66.6 cm³/mol. The third-order valence-electron chi connectivity index (χ3n) is 2.32. The molecule has 3 N–H and O–H groups in total. The Morgan fingerprint density at radius 3 is 2.83 bits per heavy atom. The summed E-state index contributed by atoms with van der Waals surface area (Å²) in [5, 5.41) is 6.30. The van der Waals surface area contributed by atoms with Gasteiger partial charge in [-0.3, -0.25) is 4.79 Å². The minimum Gasteiger partial charge on any atom is -0.495 e. The van der Waals surface area contributed by atoms with Crippen LogP contribution in [-0.4, -0.2) is 18.2 Å². The predicted octanol–water partition coefficient (Wildman–Crippen LogP) is 1.83. The number of nitrogens with zero attached hydrogens (tertiary/aromatic N) is 1. The molecule has 6 nitrogen and oxygen atoms in total. The van der Waals surface area contributed by atoms with Gasteiger partial charge in [0.25, 0.3) is 5.91 Å². The number of ether oxygens (including phenoxy) is 1. The molecule has 0 spiro atoms. The SMILES string of the molecule is COc1ccc(N)cc1NC(=O)c1cc(C)no1. The lowest BCUT2D eigenvalue weighted by atomic mass is 10.2. The van der Waals surface area contributed by atoms with Gasteiger partial charge in [0.2, 0.25) is 5.76 Å². The number of anilines is 2. The Morgan fingerprint density at radius 2 is 2.22 bits per heavy atom. The average Bonchev–Trinajstić information content (AvgIpc) is 2.76. The van der Waals surface area contributed by atoms with Crippen LogP contribution in [0.1, 0.15) is 16.2 Å². The molecule has 1 aromatic carbocycles. The fraction of sp³-hybridized carbons (Fsp3) is 0.167. The fourth-order valence-corrected chi connectivity index (χ4v) is 1.48. The van der Waals surface area contributed by atoms with Crippen LogP contribution in [0, 0.1) is 6.92 Å². The standard InChI is InChI=1S/C12H13N3O3/c1-7-5-11(18-15-7)12(16)14-9-6-8(13)3-4-10(9)17-2/h3-6H,13H2,1-2H3,(H,14,16). The van der Waals surface area contributed by atoms with E-state index in [2.05, 4.69) is 10.5 Å². The van der Waals surface area contributed by atoms with E-state index in [0.29, 0.717) is 22.8 Å². The van der Waals surface area contributed by atoms with Crippen molar-refractivity contribution < 1.29 is 14.1 Å². The number of methoxy groups -OCH3 is 1. The van der Waals surface area contributed by atoms with Crippen molar-refractivity contribution in [3.63, 3.8) is 0 Å². The maximum absolute atomic E-state index is 11.9. The molecule has 0 fully saturated rings. The Hall–Kier alpha value is -2.50. The van der Waals surface area contributed by atoms with Crippen LogP contribution in [0.3, 0.4) is 0 Å². The van der Waals surface area contributed by atoms with E-state index < -0.39 is 5.91 Å².